The molecule has 7 nitrogen and oxygen atoms in total. The summed E-state index contributed by atoms with van der Waals surface area (Å²) >= 11 is 0. The Hall–Kier alpha value is -2.44. The molecular weight excluding hydrogens is 294 g/mol. The quantitative estimate of drug-likeness (QED) is 0.832. The fourth-order valence-corrected chi connectivity index (χ4v) is 3.02. The highest BCUT2D eigenvalue weighted by molar-refractivity contribution is 5.76. The molecule has 3 heterocycles. The first-order valence-corrected chi connectivity index (χ1v) is 7.89. The molecule has 0 unspecified atom stereocenters. The molecule has 23 heavy (non-hydrogen) atoms. The number of pyridine rings is 1. The van der Waals surface area contributed by atoms with Gasteiger partial charge in [0, 0.05) is 31.9 Å². The van der Waals surface area contributed by atoms with Crippen LogP contribution in [0.2, 0.25) is 0 Å². The lowest BCUT2D eigenvalue weighted by Gasteiger charge is -2.32. The molecular formula is C16H21N5O2. The maximum atomic E-state index is 12.5. The Balaban J connectivity index is 1.61. The number of hydrogen-bond donors (Lipinski definition) is 0. The van der Waals surface area contributed by atoms with E-state index in [1.807, 2.05) is 22.6 Å². The SMILES string of the molecule is Cc1ccn(CC(=O)N2CCC[C@@H](Cn3cncn3)C2)c(=O)c1. The van der Waals surface area contributed by atoms with Crippen LogP contribution in [0.25, 0.3) is 0 Å². The number of piperidine rings is 1. The first-order valence-electron chi connectivity index (χ1n) is 7.89. The molecule has 1 aliphatic rings. The van der Waals surface area contributed by atoms with Crippen LogP contribution in [-0.2, 0) is 17.9 Å². The molecule has 7 heteroatoms. The molecule has 0 N–H and O–H groups in total. The standard InChI is InChI=1S/C16H21N5O2/c1-13-4-6-20(15(22)7-13)10-16(23)19-5-2-3-14(8-19)9-21-12-17-11-18-21/h4,6-7,11-12,14H,2-3,5,8-10H2,1H3/t14-/m1/s1. The van der Waals surface area contributed by atoms with Crippen molar-refractivity contribution in [3.8, 4) is 0 Å². The van der Waals surface area contributed by atoms with Gasteiger partial charge in [0.1, 0.15) is 19.2 Å². The lowest BCUT2D eigenvalue weighted by molar-refractivity contribution is -0.133. The summed E-state index contributed by atoms with van der Waals surface area (Å²) in [5.74, 6) is 0.378. The molecule has 1 aliphatic heterocycles. The second-order valence-corrected chi connectivity index (χ2v) is 6.14. The number of amides is 1. The second kappa shape index (κ2) is 6.76. The summed E-state index contributed by atoms with van der Waals surface area (Å²) in [5, 5.41) is 4.12. The molecule has 0 saturated carbocycles. The molecule has 0 aromatic carbocycles. The van der Waals surface area contributed by atoms with Crippen LogP contribution in [0.5, 0.6) is 0 Å². The lowest BCUT2D eigenvalue weighted by atomic mass is 9.98. The predicted molar refractivity (Wildman–Crippen MR) is 84.8 cm³/mol. The normalized spacial score (nSPS) is 18.1. The first kappa shape index (κ1) is 15.5. The van der Waals surface area contributed by atoms with E-state index in [0.717, 1.165) is 31.5 Å². The number of rotatable bonds is 4. The lowest BCUT2D eigenvalue weighted by Crippen LogP contribution is -2.43. The zero-order chi connectivity index (χ0) is 16.2. The average molecular weight is 315 g/mol. The summed E-state index contributed by atoms with van der Waals surface area (Å²) in [4.78, 5) is 30.2. The van der Waals surface area contributed by atoms with Gasteiger partial charge in [-0.1, -0.05) is 0 Å². The molecule has 1 atom stereocenters. The Morgan fingerprint density at radius 1 is 1.43 bits per heavy atom. The van der Waals surface area contributed by atoms with Crippen molar-refractivity contribution in [3.05, 3.63) is 46.9 Å². The van der Waals surface area contributed by atoms with Crippen LogP contribution in [0.3, 0.4) is 0 Å². The summed E-state index contributed by atoms with van der Waals surface area (Å²) < 4.78 is 3.28. The number of carbonyl (C=O) groups is 1. The van der Waals surface area contributed by atoms with Crippen molar-refractivity contribution in [2.75, 3.05) is 13.1 Å². The summed E-state index contributed by atoms with van der Waals surface area (Å²) in [7, 11) is 0. The smallest absolute Gasteiger partial charge is 0.251 e. The summed E-state index contributed by atoms with van der Waals surface area (Å²) in [6.45, 7) is 4.21. The van der Waals surface area contributed by atoms with E-state index >= 15 is 0 Å². The molecule has 0 bridgehead atoms. The maximum Gasteiger partial charge on any atom is 0.251 e. The Morgan fingerprint density at radius 3 is 3.04 bits per heavy atom. The van der Waals surface area contributed by atoms with E-state index in [0.29, 0.717) is 12.5 Å². The topological polar surface area (TPSA) is 73.0 Å². The highest BCUT2D eigenvalue weighted by Gasteiger charge is 2.24. The number of carbonyl (C=O) groups excluding carboxylic acids is 1. The van der Waals surface area contributed by atoms with Crippen molar-refractivity contribution < 1.29 is 4.79 Å². The fourth-order valence-electron chi connectivity index (χ4n) is 3.02. The minimum Gasteiger partial charge on any atom is -0.341 e. The van der Waals surface area contributed by atoms with Crippen molar-refractivity contribution in [2.24, 2.45) is 5.92 Å². The van der Waals surface area contributed by atoms with Crippen molar-refractivity contribution in [2.45, 2.75) is 32.9 Å². The van der Waals surface area contributed by atoms with E-state index in [2.05, 4.69) is 10.1 Å². The third kappa shape index (κ3) is 3.85. The highest BCUT2D eigenvalue weighted by Crippen LogP contribution is 2.18. The Bertz CT molecular complexity index is 722. The van der Waals surface area contributed by atoms with E-state index < -0.39 is 0 Å². The van der Waals surface area contributed by atoms with Gasteiger partial charge in [-0.3, -0.25) is 14.3 Å². The van der Waals surface area contributed by atoms with Crippen molar-refractivity contribution in [1.82, 2.24) is 24.2 Å². The maximum absolute atomic E-state index is 12.5. The van der Waals surface area contributed by atoms with Gasteiger partial charge in [-0.25, -0.2) is 4.98 Å². The second-order valence-electron chi connectivity index (χ2n) is 6.14. The molecule has 0 radical (unpaired) electrons. The van der Waals surface area contributed by atoms with Crippen LogP contribution in [0, 0.1) is 12.8 Å². The van der Waals surface area contributed by atoms with E-state index in [-0.39, 0.29) is 18.0 Å². The van der Waals surface area contributed by atoms with Gasteiger partial charge in [-0.05, 0) is 37.3 Å². The van der Waals surface area contributed by atoms with Crippen molar-refractivity contribution in [3.63, 3.8) is 0 Å². The third-order valence-electron chi connectivity index (χ3n) is 4.24. The van der Waals surface area contributed by atoms with Crippen LogP contribution >= 0.6 is 0 Å². The largest absolute Gasteiger partial charge is 0.341 e. The van der Waals surface area contributed by atoms with Gasteiger partial charge in [-0.15, -0.1) is 0 Å². The van der Waals surface area contributed by atoms with Crippen molar-refractivity contribution >= 4 is 5.91 Å². The minimum atomic E-state index is -0.130. The summed E-state index contributed by atoms with van der Waals surface area (Å²) in [6.07, 6.45) is 6.97. The average Bonchev–Trinajstić information content (AvgIpc) is 3.03. The van der Waals surface area contributed by atoms with Gasteiger partial charge < -0.3 is 9.47 Å². The molecule has 0 spiro atoms. The van der Waals surface area contributed by atoms with Gasteiger partial charge in [0.2, 0.25) is 5.91 Å². The molecule has 122 valence electrons. The number of hydrogen-bond acceptors (Lipinski definition) is 4. The van der Waals surface area contributed by atoms with E-state index in [4.69, 9.17) is 0 Å². The van der Waals surface area contributed by atoms with E-state index in [9.17, 15) is 9.59 Å². The van der Waals surface area contributed by atoms with Gasteiger partial charge in [0.05, 0.1) is 0 Å². The molecule has 1 saturated heterocycles. The van der Waals surface area contributed by atoms with Crippen LogP contribution in [0.15, 0.2) is 35.8 Å². The molecule has 1 amide bonds. The molecule has 2 aromatic heterocycles. The van der Waals surface area contributed by atoms with Gasteiger partial charge in [0.25, 0.3) is 5.56 Å². The zero-order valence-corrected chi connectivity index (χ0v) is 13.3. The predicted octanol–water partition coefficient (Wildman–Crippen LogP) is 0.687. The third-order valence-corrected chi connectivity index (χ3v) is 4.24. The van der Waals surface area contributed by atoms with Crippen LogP contribution < -0.4 is 5.56 Å². The Morgan fingerprint density at radius 2 is 2.30 bits per heavy atom. The zero-order valence-electron chi connectivity index (χ0n) is 13.3. The first-order chi connectivity index (χ1) is 11.1. The van der Waals surface area contributed by atoms with Crippen LogP contribution in [0.4, 0.5) is 0 Å². The summed E-state index contributed by atoms with van der Waals surface area (Å²) in [5.41, 5.74) is 0.777. The van der Waals surface area contributed by atoms with Gasteiger partial charge in [0.15, 0.2) is 0 Å². The van der Waals surface area contributed by atoms with E-state index in [1.54, 1.807) is 18.6 Å². The number of likely N-dealkylation sites (tertiary alicyclic amines) is 1. The summed E-state index contributed by atoms with van der Waals surface area (Å²) in [6, 6.07) is 3.40. The number of aryl methyl sites for hydroxylation is 1. The van der Waals surface area contributed by atoms with Crippen LogP contribution in [0.1, 0.15) is 18.4 Å². The van der Waals surface area contributed by atoms with E-state index in [1.165, 1.54) is 10.9 Å². The number of aromatic nitrogens is 4. The Labute approximate surface area is 134 Å². The molecule has 0 aliphatic carbocycles. The molecule has 3 rings (SSSR count). The van der Waals surface area contributed by atoms with Gasteiger partial charge in [-0.2, -0.15) is 5.10 Å². The fraction of sp³-hybridized carbons (Fsp3) is 0.500. The Kier molecular flexibility index (Phi) is 4.55. The monoisotopic (exact) mass is 315 g/mol. The van der Waals surface area contributed by atoms with Crippen LogP contribution in [-0.4, -0.2) is 43.2 Å². The van der Waals surface area contributed by atoms with Crippen molar-refractivity contribution in [1.29, 1.82) is 0 Å². The number of nitrogens with zero attached hydrogens (tertiary/aromatic N) is 5. The molecule has 2 aromatic rings. The minimum absolute atomic E-state index is 0.000701. The van der Waals surface area contributed by atoms with Gasteiger partial charge >= 0.3 is 0 Å². The molecule has 1 fully saturated rings. The highest BCUT2D eigenvalue weighted by atomic mass is 16.2.